The number of hydrogen-bond acceptors (Lipinski definition) is 2. The molecule has 0 aromatic heterocycles. The second-order valence-electron chi connectivity index (χ2n) is 6.74. The van der Waals surface area contributed by atoms with E-state index in [1.807, 2.05) is 91.9 Å². The monoisotopic (exact) mass is 372 g/mol. The van der Waals surface area contributed by atoms with Crippen LogP contribution in [0.2, 0.25) is 0 Å². The quantitative estimate of drug-likeness (QED) is 0.631. The minimum atomic E-state index is -0.278. The minimum Gasteiger partial charge on any atom is -0.352 e. The van der Waals surface area contributed by atoms with E-state index in [1.165, 1.54) is 5.56 Å². The molecule has 4 heteroatoms. The Balaban J connectivity index is 1.65. The maximum Gasteiger partial charge on any atom is 0.236 e. The summed E-state index contributed by atoms with van der Waals surface area (Å²) in [6, 6.07) is 27.2. The van der Waals surface area contributed by atoms with E-state index < -0.39 is 0 Å². The highest BCUT2D eigenvalue weighted by Gasteiger charge is 2.19. The first-order valence-electron chi connectivity index (χ1n) is 9.33. The Labute approximate surface area is 165 Å². The highest BCUT2D eigenvalue weighted by Crippen LogP contribution is 2.18. The molecular weight excluding hydrogens is 348 g/mol. The molecule has 0 aliphatic heterocycles. The molecule has 0 bridgehead atoms. The summed E-state index contributed by atoms with van der Waals surface area (Å²) in [4.78, 5) is 26.9. The van der Waals surface area contributed by atoms with Crippen LogP contribution in [-0.4, -0.2) is 11.8 Å². The zero-order valence-corrected chi connectivity index (χ0v) is 16.0. The van der Waals surface area contributed by atoms with E-state index in [2.05, 4.69) is 5.32 Å². The number of nitrogens with zero attached hydrogens (tertiary/aromatic N) is 1. The Bertz CT molecular complexity index is 906. The van der Waals surface area contributed by atoms with Gasteiger partial charge < -0.3 is 10.2 Å². The number of rotatable bonds is 7. The molecule has 4 nitrogen and oxygen atoms in total. The van der Waals surface area contributed by atoms with Crippen molar-refractivity contribution in [2.24, 2.45) is 0 Å². The third kappa shape index (κ3) is 5.55. The smallest absolute Gasteiger partial charge is 0.236 e. The summed E-state index contributed by atoms with van der Waals surface area (Å²) < 4.78 is 0. The fourth-order valence-corrected chi connectivity index (χ4v) is 2.90. The molecule has 0 saturated carbocycles. The van der Waals surface area contributed by atoms with Crippen LogP contribution in [0.5, 0.6) is 0 Å². The van der Waals surface area contributed by atoms with Crippen molar-refractivity contribution in [3.05, 3.63) is 102 Å². The van der Waals surface area contributed by atoms with Gasteiger partial charge in [0, 0.05) is 12.2 Å². The van der Waals surface area contributed by atoms with Gasteiger partial charge in [0.25, 0.3) is 0 Å². The van der Waals surface area contributed by atoms with Crippen LogP contribution >= 0.6 is 0 Å². The van der Waals surface area contributed by atoms with Crippen LogP contribution in [-0.2, 0) is 22.7 Å². The molecule has 0 heterocycles. The van der Waals surface area contributed by atoms with Crippen molar-refractivity contribution < 1.29 is 9.59 Å². The molecule has 3 rings (SSSR count). The first kappa shape index (κ1) is 19.4. The summed E-state index contributed by atoms with van der Waals surface area (Å²) in [5, 5.41) is 2.83. The van der Waals surface area contributed by atoms with E-state index in [9.17, 15) is 9.59 Å². The fourth-order valence-electron chi connectivity index (χ4n) is 2.90. The molecule has 28 heavy (non-hydrogen) atoms. The van der Waals surface area contributed by atoms with E-state index in [0.717, 1.165) is 16.8 Å². The van der Waals surface area contributed by atoms with Gasteiger partial charge in [-0.15, -0.1) is 0 Å². The van der Waals surface area contributed by atoms with Gasteiger partial charge in [-0.2, -0.15) is 0 Å². The normalized spacial score (nSPS) is 10.3. The number of anilines is 1. The van der Waals surface area contributed by atoms with Crippen LogP contribution in [0, 0.1) is 6.92 Å². The highest BCUT2D eigenvalue weighted by molar-refractivity contribution is 6.04. The van der Waals surface area contributed by atoms with E-state index in [1.54, 1.807) is 4.90 Å². The maximum absolute atomic E-state index is 12.9. The summed E-state index contributed by atoms with van der Waals surface area (Å²) in [6.07, 6.45) is -0.187. The van der Waals surface area contributed by atoms with Gasteiger partial charge in [0.2, 0.25) is 11.8 Å². The first-order chi connectivity index (χ1) is 13.6. The van der Waals surface area contributed by atoms with Gasteiger partial charge in [0.1, 0.15) is 6.42 Å². The lowest BCUT2D eigenvalue weighted by molar-refractivity contribution is -0.128. The molecule has 0 aliphatic rings. The van der Waals surface area contributed by atoms with Crippen molar-refractivity contribution >= 4 is 17.5 Å². The first-order valence-corrected chi connectivity index (χ1v) is 9.33. The maximum atomic E-state index is 12.9. The van der Waals surface area contributed by atoms with E-state index in [-0.39, 0.29) is 18.2 Å². The van der Waals surface area contributed by atoms with Gasteiger partial charge in [-0.25, -0.2) is 0 Å². The van der Waals surface area contributed by atoms with E-state index >= 15 is 0 Å². The predicted molar refractivity (Wildman–Crippen MR) is 112 cm³/mol. The number of nitrogens with one attached hydrogen (secondary N) is 1. The van der Waals surface area contributed by atoms with Gasteiger partial charge in [0.05, 0.1) is 6.54 Å². The molecule has 0 saturated heterocycles. The molecule has 0 radical (unpaired) electrons. The SMILES string of the molecule is Cc1ccc(CNC(=O)CC(=O)N(Cc2ccccc2)c2ccccc2)cc1. The Morgan fingerprint density at radius 2 is 1.39 bits per heavy atom. The predicted octanol–water partition coefficient (Wildman–Crippen LogP) is 4.23. The Hall–Kier alpha value is -3.40. The van der Waals surface area contributed by atoms with E-state index in [0.29, 0.717) is 13.1 Å². The second-order valence-corrected chi connectivity index (χ2v) is 6.74. The summed E-state index contributed by atoms with van der Waals surface area (Å²) >= 11 is 0. The molecule has 0 unspecified atom stereocenters. The van der Waals surface area contributed by atoms with Crippen molar-refractivity contribution in [3.63, 3.8) is 0 Å². The lowest BCUT2D eigenvalue weighted by atomic mass is 10.1. The van der Waals surface area contributed by atoms with Crippen LogP contribution in [0.15, 0.2) is 84.9 Å². The number of amides is 2. The topological polar surface area (TPSA) is 49.4 Å². The molecule has 0 aliphatic carbocycles. The third-order valence-electron chi connectivity index (χ3n) is 4.47. The molecular formula is C24H24N2O2. The summed E-state index contributed by atoms with van der Waals surface area (Å²) in [5.41, 5.74) is 3.97. The minimum absolute atomic E-state index is 0.187. The number of carbonyl (C=O) groups is 2. The largest absolute Gasteiger partial charge is 0.352 e. The van der Waals surface area contributed by atoms with E-state index in [4.69, 9.17) is 0 Å². The van der Waals surface area contributed by atoms with Crippen molar-refractivity contribution in [2.45, 2.75) is 26.4 Å². The molecule has 1 N–H and O–H groups in total. The van der Waals surface area contributed by atoms with Crippen molar-refractivity contribution in [2.75, 3.05) is 4.90 Å². The van der Waals surface area contributed by atoms with Crippen molar-refractivity contribution in [1.29, 1.82) is 0 Å². The van der Waals surface area contributed by atoms with Gasteiger partial charge in [-0.05, 0) is 30.2 Å². The molecule has 0 atom stereocenters. The highest BCUT2D eigenvalue weighted by atomic mass is 16.2. The Morgan fingerprint density at radius 3 is 2.04 bits per heavy atom. The van der Waals surface area contributed by atoms with Crippen LogP contribution in [0.4, 0.5) is 5.69 Å². The van der Waals surface area contributed by atoms with Crippen LogP contribution in [0.25, 0.3) is 0 Å². The lowest BCUT2D eigenvalue weighted by Gasteiger charge is -2.23. The van der Waals surface area contributed by atoms with Crippen molar-refractivity contribution in [1.82, 2.24) is 5.32 Å². The Kier molecular flexibility index (Phi) is 6.58. The van der Waals surface area contributed by atoms with Crippen LogP contribution in [0.3, 0.4) is 0 Å². The Morgan fingerprint density at radius 1 is 0.786 bits per heavy atom. The van der Waals surface area contributed by atoms with Gasteiger partial charge in [-0.3, -0.25) is 9.59 Å². The standard InChI is InChI=1S/C24H24N2O2/c1-19-12-14-20(15-13-19)17-25-23(27)16-24(28)26(22-10-6-3-7-11-22)18-21-8-4-2-5-9-21/h2-15H,16-18H2,1H3,(H,25,27). The molecule has 0 fully saturated rings. The average molecular weight is 372 g/mol. The van der Waals surface area contributed by atoms with Crippen LogP contribution in [0.1, 0.15) is 23.1 Å². The van der Waals surface area contributed by atoms with Gasteiger partial charge in [-0.1, -0.05) is 78.4 Å². The number of aryl methyl sites for hydroxylation is 1. The zero-order valence-electron chi connectivity index (χ0n) is 16.0. The summed E-state index contributed by atoms with van der Waals surface area (Å²) in [5.74, 6) is -0.504. The molecule has 3 aromatic rings. The number of hydrogen-bond donors (Lipinski definition) is 1. The molecule has 2 amide bonds. The zero-order chi connectivity index (χ0) is 19.8. The number of benzene rings is 3. The van der Waals surface area contributed by atoms with Crippen LogP contribution < -0.4 is 10.2 Å². The van der Waals surface area contributed by atoms with Gasteiger partial charge >= 0.3 is 0 Å². The average Bonchev–Trinajstić information content (AvgIpc) is 2.73. The third-order valence-corrected chi connectivity index (χ3v) is 4.47. The number of carbonyl (C=O) groups excluding carboxylic acids is 2. The fraction of sp³-hybridized carbons (Fsp3) is 0.167. The summed E-state index contributed by atoms with van der Waals surface area (Å²) in [6.45, 7) is 2.86. The second kappa shape index (κ2) is 9.51. The molecule has 0 spiro atoms. The molecule has 142 valence electrons. The van der Waals surface area contributed by atoms with Crippen molar-refractivity contribution in [3.8, 4) is 0 Å². The summed E-state index contributed by atoms with van der Waals surface area (Å²) in [7, 11) is 0. The molecule has 3 aromatic carbocycles. The lowest BCUT2D eigenvalue weighted by Crippen LogP contribution is -2.35. The number of para-hydroxylation sites is 1. The van der Waals surface area contributed by atoms with Gasteiger partial charge in [0.15, 0.2) is 0 Å².